The van der Waals surface area contributed by atoms with Crippen molar-refractivity contribution in [2.45, 2.75) is 12.5 Å². The molecule has 0 radical (unpaired) electrons. The predicted molar refractivity (Wildman–Crippen MR) is 84.0 cm³/mol. The van der Waals surface area contributed by atoms with E-state index in [4.69, 9.17) is 38.4 Å². The Morgan fingerprint density at radius 2 is 2.05 bits per heavy atom. The molecule has 0 unspecified atom stereocenters. The molecule has 1 aromatic rings. The lowest BCUT2D eigenvalue weighted by atomic mass is 10.1. The van der Waals surface area contributed by atoms with Crippen molar-refractivity contribution >= 4 is 35.0 Å². The number of halogens is 2. The molecule has 1 atom stereocenters. The average Bonchev–Trinajstić information content (AvgIpc) is 2.45. The van der Waals surface area contributed by atoms with Crippen molar-refractivity contribution in [2.24, 2.45) is 5.73 Å². The molecule has 1 rings (SSSR count). The summed E-state index contributed by atoms with van der Waals surface area (Å²) in [5.41, 5.74) is 5.97. The summed E-state index contributed by atoms with van der Waals surface area (Å²) in [6.45, 7) is 0.489. The smallest absolute Gasteiger partial charge is 0.246 e. The standard InChI is InChI=1S/C14H18Cl2N2O4/c1-21-4-5-22-8-13(19)18-12(14(17)20)6-9-2-3-10(15)7-11(9)16/h2-3,7,12H,4-6,8H2,1H3,(H2,17,20)(H,18,19)/t12-/m1/s1. The van der Waals surface area contributed by atoms with E-state index in [1.54, 1.807) is 18.2 Å². The zero-order valence-electron chi connectivity index (χ0n) is 12.1. The van der Waals surface area contributed by atoms with E-state index < -0.39 is 17.9 Å². The van der Waals surface area contributed by atoms with Gasteiger partial charge in [-0.2, -0.15) is 0 Å². The fourth-order valence-electron chi connectivity index (χ4n) is 1.67. The molecule has 0 aliphatic rings. The largest absolute Gasteiger partial charge is 0.382 e. The highest BCUT2D eigenvalue weighted by atomic mass is 35.5. The van der Waals surface area contributed by atoms with Crippen LogP contribution in [0.1, 0.15) is 5.56 Å². The van der Waals surface area contributed by atoms with Gasteiger partial charge in [0, 0.05) is 23.6 Å². The fraction of sp³-hybridized carbons (Fsp3) is 0.429. The SMILES string of the molecule is COCCOCC(=O)N[C@H](Cc1ccc(Cl)cc1Cl)C(N)=O. The van der Waals surface area contributed by atoms with Crippen LogP contribution < -0.4 is 11.1 Å². The fourth-order valence-corrected chi connectivity index (χ4v) is 2.16. The van der Waals surface area contributed by atoms with Crippen LogP contribution >= 0.6 is 23.2 Å². The maximum absolute atomic E-state index is 11.7. The van der Waals surface area contributed by atoms with Gasteiger partial charge in [0.25, 0.3) is 0 Å². The molecule has 2 amide bonds. The maximum atomic E-state index is 11.7. The van der Waals surface area contributed by atoms with Crippen molar-refractivity contribution in [1.29, 1.82) is 0 Å². The third-order valence-electron chi connectivity index (χ3n) is 2.78. The minimum absolute atomic E-state index is 0.176. The van der Waals surface area contributed by atoms with E-state index >= 15 is 0 Å². The summed E-state index contributed by atoms with van der Waals surface area (Å²) in [6, 6.07) is 4.02. The Labute approximate surface area is 138 Å². The lowest BCUT2D eigenvalue weighted by Crippen LogP contribution is -2.47. The first-order valence-electron chi connectivity index (χ1n) is 6.53. The number of amides is 2. The summed E-state index contributed by atoms with van der Waals surface area (Å²) < 4.78 is 9.86. The van der Waals surface area contributed by atoms with Crippen molar-refractivity contribution in [3.05, 3.63) is 33.8 Å². The highest BCUT2D eigenvalue weighted by Crippen LogP contribution is 2.22. The quantitative estimate of drug-likeness (QED) is 0.655. The molecule has 0 heterocycles. The second-order valence-electron chi connectivity index (χ2n) is 4.51. The third-order valence-corrected chi connectivity index (χ3v) is 3.37. The van der Waals surface area contributed by atoms with Crippen LogP contribution in [0.4, 0.5) is 0 Å². The number of nitrogens with two attached hydrogens (primary N) is 1. The van der Waals surface area contributed by atoms with Gasteiger partial charge < -0.3 is 20.5 Å². The van der Waals surface area contributed by atoms with Gasteiger partial charge in [-0.1, -0.05) is 29.3 Å². The van der Waals surface area contributed by atoms with Crippen molar-refractivity contribution in [3.8, 4) is 0 Å². The molecular weight excluding hydrogens is 331 g/mol. The lowest BCUT2D eigenvalue weighted by Gasteiger charge is -2.16. The minimum atomic E-state index is -0.878. The van der Waals surface area contributed by atoms with Gasteiger partial charge in [0.1, 0.15) is 12.6 Å². The van der Waals surface area contributed by atoms with Gasteiger partial charge in [-0.3, -0.25) is 9.59 Å². The van der Waals surface area contributed by atoms with Gasteiger partial charge >= 0.3 is 0 Å². The summed E-state index contributed by atoms with van der Waals surface area (Å²) in [5, 5.41) is 3.41. The number of hydrogen-bond donors (Lipinski definition) is 2. The molecule has 6 nitrogen and oxygen atoms in total. The number of methoxy groups -OCH3 is 1. The minimum Gasteiger partial charge on any atom is -0.382 e. The molecular formula is C14H18Cl2N2O4. The van der Waals surface area contributed by atoms with Crippen molar-refractivity contribution in [1.82, 2.24) is 5.32 Å². The summed E-state index contributed by atoms with van der Waals surface area (Å²) >= 11 is 11.9. The zero-order chi connectivity index (χ0) is 16.5. The molecule has 8 heteroatoms. The van der Waals surface area contributed by atoms with Crippen molar-refractivity contribution < 1.29 is 19.1 Å². The van der Waals surface area contributed by atoms with E-state index in [9.17, 15) is 9.59 Å². The number of hydrogen-bond acceptors (Lipinski definition) is 4. The molecule has 122 valence electrons. The Morgan fingerprint density at radius 3 is 2.64 bits per heavy atom. The van der Waals surface area contributed by atoms with E-state index in [0.29, 0.717) is 22.2 Å². The van der Waals surface area contributed by atoms with Gasteiger partial charge in [0.15, 0.2) is 0 Å². The molecule has 3 N–H and O–H groups in total. The van der Waals surface area contributed by atoms with Crippen molar-refractivity contribution in [2.75, 3.05) is 26.9 Å². The van der Waals surface area contributed by atoms with Crippen LogP contribution in [0.15, 0.2) is 18.2 Å². The molecule has 0 aromatic heterocycles. The van der Waals surface area contributed by atoms with Crippen LogP contribution in [0, 0.1) is 0 Å². The molecule has 0 saturated carbocycles. The Kier molecular flexibility index (Phi) is 8.19. The molecule has 1 aromatic carbocycles. The van der Waals surface area contributed by atoms with Crippen LogP contribution in [0.5, 0.6) is 0 Å². The highest BCUT2D eigenvalue weighted by Gasteiger charge is 2.20. The van der Waals surface area contributed by atoms with Gasteiger partial charge in [-0.25, -0.2) is 0 Å². The maximum Gasteiger partial charge on any atom is 0.246 e. The number of carbonyl (C=O) groups excluding carboxylic acids is 2. The first-order chi connectivity index (χ1) is 10.4. The molecule has 0 saturated heterocycles. The summed E-state index contributed by atoms with van der Waals surface area (Å²) in [5.74, 6) is -1.10. The Balaban J connectivity index is 2.58. The first-order valence-corrected chi connectivity index (χ1v) is 7.29. The third kappa shape index (κ3) is 6.62. The number of nitrogens with one attached hydrogen (secondary N) is 1. The Hall–Kier alpha value is -1.34. The van der Waals surface area contributed by atoms with Crippen LogP contribution in [0.25, 0.3) is 0 Å². The van der Waals surface area contributed by atoms with Crippen LogP contribution in [0.3, 0.4) is 0 Å². The number of ether oxygens (including phenoxy) is 2. The van der Waals surface area contributed by atoms with Gasteiger partial charge in [-0.05, 0) is 17.7 Å². The lowest BCUT2D eigenvalue weighted by molar-refractivity contribution is -0.130. The zero-order valence-corrected chi connectivity index (χ0v) is 13.6. The topological polar surface area (TPSA) is 90.7 Å². The number of rotatable bonds is 9. The molecule has 0 aliphatic heterocycles. The van der Waals surface area contributed by atoms with Gasteiger partial charge in [-0.15, -0.1) is 0 Å². The number of primary amides is 1. The number of carbonyl (C=O) groups is 2. The molecule has 0 aliphatic carbocycles. The van der Waals surface area contributed by atoms with E-state index in [-0.39, 0.29) is 19.6 Å². The highest BCUT2D eigenvalue weighted by molar-refractivity contribution is 6.35. The Morgan fingerprint density at radius 1 is 1.32 bits per heavy atom. The Bertz CT molecular complexity index is 526. The second kappa shape index (κ2) is 9.63. The predicted octanol–water partition coefficient (Wildman–Crippen LogP) is 1.17. The van der Waals surface area contributed by atoms with E-state index in [1.165, 1.54) is 7.11 Å². The molecule has 0 bridgehead atoms. The normalized spacial score (nSPS) is 12.0. The average molecular weight is 349 g/mol. The molecule has 0 spiro atoms. The van der Waals surface area contributed by atoms with Gasteiger partial charge in [0.2, 0.25) is 11.8 Å². The van der Waals surface area contributed by atoms with Crippen LogP contribution in [-0.4, -0.2) is 44.8 Å². The van der Waals surface area contributed by atoms with Gasteiger partial charge in [0.05, 0.1) is 13.2 Å². The van der Waals surface area contributed by atoms with E-state index in [1.807, 2.05) is 0 Å². The first kappa shape index (κ1) is 18.7. The van der Waals surface area contributed by atoms with Crippen molar-refractivity contribution in [3.63, 3.8) is 0 Å². The molecule has 22 heavy (non-hydrogen) atoms. The van der Waals surface area contributed by atoms with Crippen LogP contribution in [0.2, 0.25) is 10.0 Å². The second-order valence-corrected chi connectivity index (χ2v) is 5.35. The van der Waals surface area contributed by atoms with Crippen LogP contribution in [-0.2, 0) is 25.5 Å². The summed E-state index contributed by atoms with van der Waals surface area (Å²) in [6.07, 6.45) is 0.176. The van der Waals surface area contributed by atoms with E-state index in [0.717, 1.165) is 0 Å². The summed E-state index contributed by atoms with van der Waals surface area (Å²) in [4.78, 5) is 23.2. The number of benzene rings is 1. The summed E-state index contributed by atoms with van der Waals surface area (Å²) in [7, 11) is 1.53. The van der Waals surface area contributed by atoms with E-state index in [2.05, 4.69) is 5.32 Å². The molecule has 0 fully saturated rings. The monoisotopic (exact) mass is 348 g/mol.